The van der Waals surface area contributed by atoms with E-state index in [2.05, 4.69) is 5.10 Å². The molecule has 3 aromatic rings. The normalized spacial score (nSPS) is 11.2. The van der Waals surface area contributed by atoms with Crippen LogP contribution in [-0.2, 0) is 24.9 Å². The van der Waals surface area contributed by atoms with Crippen molar-refractivity contribution in [3.63, 3.8) is 0 Å². The minimum atomic E-state index is -2.64. The van der Waals surface area contributed by atoms with Crippen LogP contribution in [0.2, 0.25) is 0 Å². The van der Waals surface area contributed by atoms with Crippen LogP contribution in [0.4, 0.5) is 8.78 Å². The van der Waals surface area contributed by atoms with Gasteiger partial charge in [-0.1, -0.05) is 18.2 Å². The Kier molecular flexibility index (Phi) is 4.60. The van der Waals surface area contributed by atoms with E-state index in [-0.39, 0.29) is 17.9 Å². The van der Waals surface area contributed by atoms with Gasteiger partial charge in [-0.05, 0) is 23.6 Å². The molecule has 1 aromatic carbocycles. The van der Waals surface area contributed by atoms with Crippen molar-refractivity contribution in [3.8, 4) is 0 Å². The SMILES string of the molecule is Cn1c(=O)c(COC(=O)c2ccnn2CC(F)F)cc2ccccc21. The molecule has 2 heterocycles. The summed E-state index contributed by atoms with van der Waals surface area (Å²) in [5, 5.41) is 4.51. The summed E-state index contributed by atoms with van der Waals surface area (Å²) in [6, 6.07) is 10.3. The summed E-state index contributed by atoms with van der Waals surface area (Å²) in [6.07, 6.45) is -1.40. The summed E-state index contributed by atoms with van der Waals surface area (Å²) in [5.74, 6) is -0.812. The van der Waals surface area contributed by atoms with E-state index in [0.717, 1.165) is 15.6 Å². The minimum Gasteiger partial charge on any atom is -0.456 e. The number of esters is 1. The van der Waals surface area contributed by atoms with Crippen LogP contribution in [-0.4, -0.2) is 26.7 Å². The van der Waals surface area contributed by atoms with Gasteiger partial charge in [0, 0.05) is 13.2 Å². The standard InChI is InChI=1S/C17H15F2N3O3/c1-21-13-5-3-2-4-11(13)8-12(16(21)23)10-25-17(24)14-6-7-20-22(14)9-15(18)19/h2-8,15H,9-10H2,1H3. The molecule has 0 amide bonds. The van der Waals surface area contributed by atoms with Crippen molar-refractivity contribution in [2.75, 3.05) is 0 Å². The molecule has 8 heteroatoms. The number of para-hydroxylation sites is 1. The first-order valence-corrected chi connectivity index (χ1v) is 7.52. The fraction of sp³-hybridized carbons (Fsp3) is 0.235. The van der Waals surface area contributed by atoms with Gasteiger partial charge in [0.05, 0.1) is 11.1 Å². The van der Waals surface area contributed by atoms with E-state index in [4.69, 9.17) is 4.74 Å². The zero-order valence-electron chi connectivity index (χ0n) is 13.4. The average Bonchev–Trinajstić information content (AvgIpc) is 3.04. The molecule has 3 rings (SSSR count). The molecular weight excluding hydrogens is 332 g/mol. The number of aryl methyl sites for hydroxylation is 1. The van der Waals surface area contributed by atoms with Crippen LogP contribution in [0.3, 0.4) is 0 Å². The minimum absolute atomic E-state index is 0.0853. The van der Waals surface area contributed by atoms with Gasteiger partial charge in [-0.15, -0.1) is 0 Å². The summed E-state index contributed by atoms with van der Waals surface area (Å²) < 4.78 is 32.4. The molecule has 0 aliphatic heterocycles. The molecule has 0 saturated carbocycles. The molecule has 2 aromatic heterocycles. The molecule has 0 aliphatic carbocycles. The molecule has 0 saturated heterocycles. The maximum Gasteiger partial charge on any atom is 0.356 e. The van der Waals surface area contributed by atoms with Crippen LogP contribution >= 0.6 is 0 Å². The Bertz CT molecular complexity index is 979. The fourth-order valence-electron chi connectivity index (χ4n) is 2.59. The first-order valence-electron chi connectivity index (χ1n) is 7.52. The van der Waals surface area contributed by atoms with E-state index in [1.807, 2.05) is 24.3 Å². The molecule has 0 radical (unpaired) electrons. The van der Waals surface area contributed by atoms with Crippen molar-refractivity contribution in [1.82, 2.24) is 14.3 Å². The molecule has 0 fully saturated rings. The van der Waals surface area contributed by atoms with Crippen LogP contribution in [0, 0.1) is 0 Å². The average molecular weight is 347 g/mol. The number of hydrogen-bond donors (Lipinski definition) is 0. The van der Waals surface area contributed by atoms with Crippen molar-refractivity contribution in [1.29, 1.82) is 0 Å². The lowest BCUT2D eigenvalue weighted by atomic mass is 10.1. The summed E-state index contributed by atoms with van der Waals surface area (Å²) in [4.78, 5) is 24.5. The van der Waals surface area contributed by atoms with Crippen molar-refractivity contribution in [2.24, 2.45) is 7.05 Å². The van der Waals surface area contributed by atoms with Crippen LogP contribution in [0.1, 0.15) is 16.1 Å². The smallest absolute Gasteiger partial charge is 0.356 e. The number of aromatic nitrogens is 3. The van der Waals surface area contributed by atoms with E-state index >= 15 is 0 Å². The number of ether oxygens (including phenoxy) is 1. The second-order valence-electron chi connectivity index (χ2n) is 5.46. The lowest BCUT2D eigenvalue weighted by molar-refractivity contribution is 0.0447. The quantitative estimate of drug-likeness (QED) is 0.665. The number of nitrogens with zero attached hydrogens (tertiary/aromatic N) is 3. The van der Waals surface area contributed by atoms with Gasteiger partial charge in [-0.2, -0.15) is 5.10 Å². The molecule has 0 bridgehead atoms. The van der Waals surface area contributed by atoms with Gasteiger partial charge in [0.2, 0.25) is 0 Å². The van der Waals surface area contributed by atoms with E-state index in [0.29, 0.717) is 5.56 Å². The largest absolute Gasteiger partial charge is 0.456 e. The highest BCUT2D eigenvalue weighted by Gasteiger charge is 2.17. The van der Waals surface area contributed by atoms with Gasteiger partial charge >= 0.3 is 5.97 Å². The Morgan fingerprint density at radius 1 is 1.28 bits per heavy atom. The maximum atomic E-state index is 12.5. The third-order valence-corrected chi connectivity index (χ3v) is 3.80. The van der Waals surface area contributed by atoms with E-state index in [1.54, 1.807) is 13.1 Å². The molecule has 0 spiro atoms. The zero-order chi connectivity index (χ0) is 18.0. The number of rotatable bonds is 5. The molecule has 6 nitrogen and oxygen atoms in total. The lowest BCUT2D eigenvalue weighted by Gasteiger charge is -2.10. The Hall–Kier alpha value is -3.03. The Labute approximate surface area is 141 Å². The summed E-state index contributed by atoms with van der Waals surface area (Å²) in [7, 11) is 1.63. The molecule has 0 N–H and O–H groups in total. The van der Waals surface area contributed by atoms with Crippen molar-refractivity contribution in [3.05, 3.63) is 64.2 Å². The van der Waals surface area contributed by atoms with Crippen molar-refractivity contribution in [2.45, 2.75) is 19.6 Å². The highest BCUT2D eigenvalue weighted by molar-refractivity contribution is 5.87. The summed E-state index contributed by atoms with van der Waals surface area (Å²) in [6.45, 7) is -0.953. The van der Waals surface area contributed by atoms with E-state index < -0.39 is 18.9 Å². The van der Waals surface area contributed by atoms with Crippen molar-refractivity contribution < 1.29 is 18.3 Å². The predicted molar refractivity (Wildman–Crippen MR) is 86.5 cm³/mol. The third-order valence-electron chi connectivity index (χ3n) is 3.80. The molecule has 0 atom stereocenters. The number of carbonyl (C=O) groups excluding carboxylic acids is 1. The van der Waals surface area contributed by atoms with Crippen LogP contribution < -0.4 is 5.56 Å². The fourth-order valence-corrected chi connectivity index (χ4v) is 2.59. The highest BCUT2D eigenvalue weighted by Crippen LogP contribution is 2.13. The number of alkyl halides is 2. The van der Waals surface area contributed by atoms with Gasteiger partial charge in [-0.3, -0.25) is 9.48 Å². The summed E-state index contributed by atoms with van der Waals surface area (Å²) >= 11 is 0. The number of pyridine rings is 1. The molecular formula is C17H15F2N3O3. The van der Waals surface area contributed by atoms with Gasteiger partial charge < -0.3 is 9.30 Å². The number of benzene rings is 1. The second-order valence-corrected chi connectivity index (χ2v) is 5.46. The molecule has 25 heavy (non-hydrogen) atoms. The first-order chi connectivity index (χ1) is 12.0. The van der Waals surface area contributed by atoms with Gasteiger partial charge in [-0.25, -0.2) is 13.6 Å². The zero-order valence-corrected chi connectivity index (χ0v) is 13.4. The van der Waals surface area contributed by atoms with Gasteiger partial charge in [0.25, 0.3) is 12.0 Å². The number of hydrogen-bond acceptors (Lipinski definition) is 4. The third kappa shape index (κ3) is 3.42. The van der Waals surface area contributed by atoms with Crippen LogP contribution in [0.25, 0.3) is 10.9 Å². The molecule has 0 unspecified atom stereocenters. The number of fused-ring (bicyclic) bond motifs is 1. The number of carbonyl (C=O) groups is 1. The number of halogens is 2. The van der Waals surface area contributed by atoms with E-state index in [1.165, 1.54) is 16.8 Å². The molecule has 0 aliphatic rings. The molecule has 130 valence electrons. The Morgan fingerprint density at radius 2 is 2.04 bits per heavy atom. The first kappa shape index (κ1) is 16.8. The maximum absolute atomic E-state index is 12.5. The van der Waals surface area contributed by atoms with Crippen LogP contribution in [0.5, 0.6) is 0 Å². The van der Waals surface area contributed by atoms with Crippen LogP contribution in [0.15, 0.2) is 47.4 Å². The highest BCUT2D eigenvalue weighted by atomic mass is 19.3. The van der Waals surface area contributed by atoms with Crippen molar-refractivity contribution >= 4 is 16.9 Å². The van der Waals surface area contributed by atoms with Gasteiger partial charge in [0.1, 0.15) is 18.8 Å². The van der Waals surface area contributed by atoms with Gasteiger partial charge in [0.15, 0.2) is 0 Å². The lowest BCUT2D eigenvalue weighted by Crippen LogP contribution is -2.23. The second kappa shape index (κ2) is 6.84. The predicted octanol–water partition coefficient (Wildman–Crippen LogP) is 2.36. The van der Waals surface area contributed by atoms with E-state index in [9.17, 15) is 18.4 Å². The monoisotopic (exact) mass is 347 g/mol. The Balaban J connectivity index is 1.81. The topological polar surface area (TPSA) is 66.1 Å². The Morgan fingerprint density at radius 3 is 2.80 bits per heavy atom. The summed E-state index contributed by atoms with van der Waals surface area (Å²) in [5.41, 5.74) is 0.692.